The van der Waals surface area contributed by atoms with Crippen LogP contribution in [0.3, 0.4) is 0 Å². The molecular weight excluding hydrogens is 308 g/mol. The zero-order valence-electron chi connectivity index (χ0n) is 14.2. The molecule has 0 aromatic carbocycles. The van der Waals surface area contributed by atoms with E-state index in [1.54, 1.807) is 10.9 Å². The van der Waals surface area contributed by atoms with E-state index in [0.29, 0.717) is 11.5 Å². The lowest BCUT2D eigenvalue weighted by Crippen LogP contribution is -2.48. The number of carbonyl (C=O) groups excluding carboxylic acids is 1. The molecule has 2 aliphatic carbocycles. The number of amides is 2. The van der Waals surface area contributed by atoms with Crippen LogP contribution in [0, 0.1) is 5.41 Å². The summed E-state index contributed by atoms with van der Waals surface area (Å²) in [6, 6.07) is 0.310. The highest BCUT2D eigenvalue weighted by Gasteiger charge is 2.55. The lowest BCUT2D eigenvalue weighted by Gasteiger charge is -2.24. The van der Waals surface area contributed by atoms with Crippen molar-refractivity contribution in [1.29, 1.82) is 0 Å². The molecule has 0 radical (unpaired) electrons. The molecule has 3 atom stereocenters. The lowest BCUT2D eigenvalue weighted by atomic mass is 9.96. The Morgan fingerprint density at radius 2 is 2.21 bits per heavy atom. The molecule has 1 aromatic heterocycles. The van der Waals surface area contributed by atoms with Crippen LogP contribution >= 0.6 is 0 Å². The number of urea groups is 1. The fourth-order valence-corrected chi connectivity index (χ4v) is 4.12. The van der Waals surface area contributed by atoms with E-state index in [0.717, 1.165) is 57.5 Å². The summed E-state index contributed by atoms with van der Waals surface area (Å²) in [6.45, 7) is 1.65. The van der Waals surface area contributed by atoms with Gasteiger partial charge >= 0.3 is 6.03 Å². The predicted molar refractivity (Wildman–Crippen MR) is 87.8 cm³/mol. The first-order chi connectivity index (χ1) is 11.6. The van der Waals surface area contributed by atoms with Gasteiger partial charge in [0.1, 0.15) is 6.10 Å². The molecule has 3 fully saturated rings. The number of carbonyl (C=O) groups is 1. The van der Waals surface area contributed by atoms with Crippen molar-refractivity contribution in [2.75, 3.05) is 13.2 Å². The second-order valence-corrected chi connectivity index (χ2v) is 7.39. The van der Waals surface area contributed by atoms with Crippen molar-refractivity contribution >= 4 is 6.03 Å². The largest absolute Gasteiger partial charge is 0.485 e. The molecule has 2 saturated carbocycles. The summed E-state index contributed by atoms with van der Waals surface area (Å²) in [6.07, 6.45) is 9.80. The van der Waals surface area contributed by atoms with Gasteiger partial charge in [0.25, 0.3) is 0 Å². The summed E-state index contributed by atoms with van der Waals surface area (Å²) in [7, 11) is 1.87. The fraction of sp³-hybridized carbons (Fsp3) is 0.765. The summed E-state index contributed by atoms with van der Waals surface area (Å²) in [5.74, 6) is 0.764. The molecule has 2 heterocycles. The molecule has 3 aliphatic rings. The Kier molecular flexibility index (Phi) is 4.12. The summed E-state index contributed by atoms with van der Waals surface area (Å²) in [5.41, 5.74) is 0.302. The van der Waals surface area contributed by atoms with Gasteiger partial charge in [-0.3, -0.25) is 4.68 Å². The minimum Gasteiger partial charge on any atom is -0.485 e. The Morgan fingerprint density at radius 3 is 2.96 bits per heavy atom. The third-order valence-corrected chi connectivity index (χ3v) is 5.72. The summed E-state index contributed by atoms with van der Waals surface area (Å²) in [5, 5.41) is 10.4. The topological polar surface area (TPSA) is 77.4 Å². The Labute approximate surface area is 142 Å². The molecule has 7 heteroatoms. The summed E-state index contributed by atoms with van der Waals surface area (Å²) < 4.78 is 13.1. The van der Waals surface area contributed by atoms with Crippen molar-refractivity contribution in [3.63, 3.8) is 0 Å². The van der Waals surface area contributed by atoms with Gasteiger partial charge in [0.15, 0.2) is 5.75 Å². The zero-order chi connectivity index (χ0) is 16.6. The van der Waals surface area contributed by atoms with E-state index in [1.165, 1.54) is 0 Å². The monoisotopic (exact) mass is 334 g/mol. The molecule has 1 aromatic rings. The molecular formula is C17H26N4O3. The van der Waals surface area contributed by atoms with Crippen molar-refractivity contribution in [2.24, 2.45) is 12.5 Å². The van der Waals surface area contributed by atoms with Crippen LogP contribution in [0.1, 0.15) is 38.5 Å². The van der Waals surface area contributed by atoms with E-state index < -0.39 is 0 Å². The lowest BCUT2D eigenvalue weighted by molar-refractivity contribution is 0.0547. The number of nitrogens with one attached hydrogen (secondary N) is 2. The van der Waals surface area contributed by atoms with Crippen LogP contribution in [0.5, 0.6) is 5.75 Å². The van der Waals surface area contributed by atoms with E-state index in [-0.39, 0.29) is 18.2 Å². The minimum atomic E-state index is -0.0601. The van der Waals surface area contributed by atoms with Crippen molar-refractivity contribution in [3.8, 4) is 5.75 Å². The molecule has 1 saturated heterocycles. The number of hydrogen-bond donors (Lipinski definition) is 2. The normalized spacial score (nSPS) is 31.0. The van der Waals surface area contributed by atoms with Gasteiger partial charge in [-0.1, -0.05) is 0 Å². The van der Waals surface area contributed by atoms with Crippen molar-refractivity contribution in [3.05, 3.63) is 12.4 Å². The van der Waals surface area contributed by atoms with Crippen LogP contribution in [-0.2, 0) is 11.8 Å². The standard InChI is InChI=1S/C17H26N4O3/c1-21-11-12(10-18-21)24-14-4-2-3-13(14)19-16(22)20-15-9-17(15)5-7-23-8-6-17/h10-11,13-15H,2-9H2,1H3,(H2,19,20,22)/t13-,14+,15?/m0/s1. The highest BCUT2D eigenvalue weighted by atomic mass is 16.5. The number of rotatable bonds is 4. The van der Waals surface area contributed by atoms with E-state index in [4.69, 9.17) is 9.47 Å². The van der Waals surface area contributed by atoms with Crippen LogP contribution in [-0.4, -0.2) is 47.2 Å². The molecule has 2 amide bonds. The molecule has 7 nitrogen and oxygen atoms in total. The van der Waals surface area contributed by atoms with E-state index in [1.807, 2.05) is 13.2 Å². The average molecular weight is 334 g/mol. The quantitative estimate of drug-likeness (QED) is 0.876. The van der Waals surface area contributed by atoms with Gasteiger partial charge in [-0.25, -0.2) is 4.79 Å². The van der Waals surface area contributed by atoms with E-state index >= 15 is 0 Å². The maximum absolute atomic E-state index is 12.4. The van der Waals surface area contributed by atoms with Crippen LogP contribution in [0.4, 0.5) is 4.79 Å². The van der Waals surface area contributed by atoms with Gasteiger partial charge in [0.2, 0.25) is 0 Å². The predicted octanol–water partition coefficient (Wildman–Crippen LogP) is 1.59. The maximum Gasteiger partial charge on any atom is 0.315 e. The molecule has 4 rings (SSSR count). The molecule has 0 bridgehead atoms. The van der Waals surface area contributed by atoms with Crippen LogP contribution in [0.25, 0.3) is 0 Å². The van der Waals surface area contributed by atoms with Gasteiger partial charge in [0.05, 0.1) is 18.4 Å². The van der Waals surface area contributed by atoms with Crippen LogP contribution in [0.2, 0.25) is 0 Å². The third kappa shape index (κ3) is 3.22. The van der Waals surface area contributed by atoms with E-state index in [9.17, 15) is 4.79 Å². The highest BCUT2D eigenvalue weighted by molar-refractivity contribution is 5.75. The number of ether oxygens (including phenoxy) is 2. The molecule has 1 aliphatic heterocycles. The van der Waals surface area contributed by atoms with Gasteiger partial charge in [0, 0.05) is 26.3 Å². The summed E-state index contributed by atoms with van der Waals surface area (Å²) >= 11 is 0. The van der Waals surface area contributed by atoms with Crippen molar-refractivity contribution in [2.45, 2.75) is 56.7 Å². The number of aromatic nitrogens is 2. The first-order valence-corrected chi connectivity index (χ1v) is 8.95. The van der Waals surface area contributed by atoms with Gasteiger partial charge in [-0.15, -0.1) is 0 Å². The van der Waals surface area contributed by atoms with Crippen molar-refractivity contribution < 1.29 is 14.3 Å². The molecule has 2 N–H and O–H groups in total. The molecule has 1 spiro atoms. The Hall–Kier alpha value is -1.76. The Balaban J connectivity index is 1.27. The number of aryl methyl sites for hydroxylation is 1. The Morgan fingerprint density at radius 1 is 1.38 bits per heavy atom. The smallest absolute Gasteiger partial charge is 0.315 e. The molecule has 24 heavy (non-hydrogen) atoms. The average Bonchev–Trinajstić information content (AvgIpc) is 2.90. The van der Waals surface area contributed by atoms with Crippen LogP contribution in [0.15, 0.2) is 12.4 Å². The second kappa shape index (κ2) is 6.27. The molecule has 1 unspecified atom stereocenters. The number of nitrogens with zero attached hydrogens (tertiary/aromatic N) is 2. The summed E-state index contributed by atoms with van der Waals surface area (Å²) in [4.78, 5) is 12.4. The third-order valence-electron chi connectivity index (χ3n) is 5.72. The first-order valence-electron chi connectivity index (χ1n) is 8.95. The van der Waals surface area contributed by atoms with Gasteiger partial charge < -0.3 is 20.1 Å². The van der Waals surface area contributed by atoms with Gasteiger partial charge in [-0.05, 0) is 43.9 Å². The molecule has 132 valence electrons. The van der Waals surface area contributed by atoms with E-state index in [2.05, 4.69) is 15.7 Å². The minimum absolute atomic E-state index is 0.0243. The second-order valence-electron chi connectivity index (χ2n) is 7.39. The SMILES string of the molecule is Cn1cc(O[C@@H]2CCC[C@@H]2NC(=O)NC2CC23CCOCC3)cn1. The zero-order valence-corrected chi connectivity index (χ0v) is 14.2. The van der Waals surface area contributed by atoms with Gasteiger partial charge in [-0.2, -0.15) is 5.10 Å². The Bertz CT molecular complexity index is 596. The van der Waals surface area contributed by atoms with Crippen LogP contribution < -0.4 is 15.4 Å². The number of hydrogen-bond acceptors (Lipinski definition) is 4. The first kappa shape index (κ1) is 15.7. The van der Waals surface area contributed by atoms with Crippen molar-refractivity contribution in [1.82, 2.24) is 20.4 Å². The highest BCUT2D eigenvalue weighted by Crippen LogP contribution is 2.53. The maximum atomic E-state index is 12.4. The fourth-order valence-electron chi connectivity index (χ4n) is 4.12.